The molecule has 9 aromatic rings. The van der Waals surface area contributed by atoms with Crippen LogP contribution in [0.3, 0.4) is 0 Å². The van der Waals surface area contributed by atoms with E-state index < -0.39 is 35.2 Å². The van der Waals surface area contributed by atoms with Gasteiger partial charge in [-0.2, -0.15) is 54.5 Å². The average molecular weight is 1400 g/mol. The van der Waals surface area contributed by atoms with E-state index in [2.05, 4.69) is 60.5 Å². The van der Waals surface area contributed by atoms with Crippen molar-refractivity contribution in [2.75, 3.05) is 73.8 Å². The van der Waals surface area contributed by atoms with E-state index in [9.17, 15) is 39.5 Å². The molecule has 0 bridgehead atoms. The molecule has 3 saturated carbocycles. The summed E-state index contributed by atoms with van der Waals surface area (Å²) >= 11 is 18.2. The van der Waals surface area contributed by atoms with Crippen molar-refractivity contribution < 1.29 is 53.7 Å². The van der Waals surface area contributed by atoms with Crippen molar-refractivity contribution in [3.05, 3.63) is 121 Å². The molecule has 12 heterocycles. The molecule has 21 nitrogen and oxygen atoms in total. The maximum absolute atomic E-state index is 14.2. The average Bonchev–Trinajstić information content (AvgIpc) is 1.56. The molecule has 9 aromatic heterocycles. The van der Waals surface area contributed by atoms with E-state index in [0.29, 0.717) is 166 Å². The van der Waals surface area contributed by atoms with Crippen LogP contribution in [0.15, 0.2) is 55.4 Å². The Hall–Kier alpha value is -7.86. The van der Waals surface area contributed by atoms with Crippen LogP contribution in [0.4, 0.5) is 57.4 Å². The molecule has 96 heavy (non-hydrogen) atoms. The van der Waals surface area contributed by atoms with Gasteiger partial charge in [0.05, 0.1) is 38.4 Å². The molecule has 3 unspecified atom stereocenters. The van der Waals surface area contributed by atoms with Gasteiger partial charge < -0.3 is 28.9 Å². The Balaban J connectivity index is 0.000000130. The smallest absolute Gasteiger partial charge is 0.420 e. The molecule has 3 aliphatic heterocycles. The summed E-state index contributed by atoms with van der Waals surface area (Å²) in [6.45, 7) is 9.30. The second-order valence-electron chi connectivity index (χ2n) is 24.9. The Morgan fingerprint density at radius 3 is 0.917 bits per heavy atom. The van der Waals surface area contributed by atoms with E-state index in [4.69, 9.17) is 49.0 Å². The highest BCUT2D eigenvalue weighted by atomic mass is 35.5. The van der Waals surface area contributed by atoms with E-state index in [-0.39, 0.29) is 69.0 Å². The van der Waals surface area contributed by atoms with Crippen molar-refractivity contribution in [1.82, 2.24) is 73.7 Å². The fourth-order valence-corrected chi connectivity index (χ4v) is 13.3. The van der Waals surface area contributed by atoms with Crippen LogP contribution in [0, 0.1) is 17.8 Å². The van der Waals surface area contributed by atoms with Crippen LogP contribution in [0.2, 0.25) is 15.1 Å². The van der Waals surface area contributed by atoms with E-state index in [1.54, 1.807) is 36.8 Å². The van der Waals surface area contributed by atoms with E-state index >= 15 is 0 Å². The zero-order chi connectivity index (χ0) is 67.4. The number of aromatic nitrogens is 15. The number of halogens is 12. The van der Waals surface area contributed by atoms with Gasteiger partial charge in [-0.15, -0.1) is 30.6 Å². The van der Waals surface area contributed by atoms with Crippen molar-refractivity contribution >= 4 is 69.6 Å². The van der Waals surface area contributed by atoms with Crippen molar-refractivity contribution in [2.45, 2.75) is 134 Å². The van der Waals surface area contributed by atoms with Gasteiger partial charge in [-0.1, -0.05) is 34.8 Å². The highest BCUT2D eigenvalue weighted by Crippen LogP contribution is 2.46. The Morgan fingerprint density at radius 2 is 0.677 bits per heavy atom. The lowest BCUT2D eigenvalue weighted by Gasteiger charge is -2.20. The minimum atomic E-state index is -4.53. The second kappa shape index (κ2) is 27.2. The van der Waals surface area contributed by atoms with Crippen LogP contribution in [0.1, 0.15) is 147 Å². The van der Waals surface area contributed by atoms with Gasteiger partial charge >= 0.3 is 18.5 Å². The third-order valence-corrected chi connectivity index (χ3v) is 18.9. The molecule has 0 amide bonds. The summed E-state index contributed by atoms with van der Waals surface area (Å²) < 4.78 is 148. The van der Waals surface area contributed by atoms with Crippen LogP contribution >= 0.6 is 34.8 Å². The molecule has 510 valence electrons. The minimum Gasteiger partial charge on any atom is -0.477 e. The summed E-state index contributed by atoms with van der Waals surface area (Å²) in [7, 11) is 0. The van der Waals surface area contributed by atoms with E-state index in [0.717, 1.165) is 38.5 Å². The number of hydrogen-bond donors (Lipinski definition) is 0. The normalized spacial score (nSPS) is 19.2. The molecule has 3 saturated heterocycles. The number of hydrogen-bond acceptors (Lipinski definition) is 18. The van der Waals surface area contributed by atoms with E-state index in [1.807, 2.05) is 35.5 Å². The number of nitrogens with zero attached hydrogens (tertiary/aromatic N) is 18. The number of fused-ring (bicyclic) bond motifs is 3. The van der Waals surface area contributed by atoms with Crippen LogP contribution in [0.25, 0.3) is 16.9 Å². The SMILES string of the molecule is CCOc1nc(N2CCC(c3ccn4c(CC5CC5)nnc4c3C(F)(F)F)C2)ncc1Cl.CCOc1nc(N2CCC(c3ccn4c(CC5CC5)nnc4c3C(F)(F)F)C2)ncc1Cl.CCOc1nc(N2CCC(c3ccn4c(CC5CC5)nnc4c3C(F)(F)F)C2)ncc1Cl. The molecule has 6 aliphatic rings. The van der Waals surface area contributed by atoms with Crippen molar-refractivity contribution in [2.24, 2.45) is 17.8 Å². The first kappa shape index (κ1) is 66.7. The molecule has 6 fully saturated rings. The highest BCUT2D eigenvalue weighted by molar-refractivity contribution is 6.32. The summed E-state index contributed by atoms with van der Waals surface area (Å²) in [6.07, 6.45) is 5.92. The lowest BCUT2D eigenvalue weighted by Crippen LogP contribution is -2.23. The van der Waals surface area contributed by atoms with Crippen molar-refractivity contribution in [1.29, 1.82) is 0 Å². The van der Waals surface area contributed by atoms with Gasteiger partial charge in [0.2, 0.25) is 35.5 Å². The summed E-state index contributed by atoms with van der Waals surface area (Å²) in [4.78, 5) is 31.3. The quantitative estimate of drug-likeness (QED) is 0.0732. The lowest BCUT2D eigenvalue weighted by molar-refractivity contribution is -0.138. The molecule has 0 spiro atoms. The van der Waals surface area contributed by atoms with Crippen LogP contribution in [-0.4, -0.2) is 133 Å². The Morgan fingerprint density at radius 1 is 0.406 bits per heavy atom. The molecule has 3 atom stereocenters. The fourth-order valence-electron chi connectivity index (χ4n) is 12.9. The standard InChI is InChI=1S/3C21H22ClF3N6O/c3*1-2-32-19-15(22)10-26-20(27-19)30-7-5-13(11-30)14-6-8-31-16(9-12-3-4-12)28-29-18(31)17(14)21(23,24)25/h3*6,8,10,12-13H,2-5,7,9,11H2,1H3. The Labute approximate surface area is 559 Å². The number of rotatable bonds is 18. The molecule has 33 heteroatoms. The van der Waals surface area contributed by atoms with Gasteiger partial charge in [0.25, 0.3) is 0 Å². The molecule has 0 aromatic carbocycles. The lowest BCUT2D eigenvalue weighted by atomic mass is 9.94. The van der Waals surface area contributed by atoms with Gasteiger partial charge in [-0.05, 0) is 131 Å². The van der Waals surface area contributed by atoms with Gasteiger partial charge in [-0.25, -0.2) is 15.0 Å². The zero-order valence-corrected chi connectivity index (χ0v) is 54.6. The van der Waals surface area contributed by atoms with Crippen LogP contribution < -0.4 is 28.9 Å². The molecule has 3 aliphatic carbocycles. The maximum Gasteiger partial charge on any atom is 0.420 e. The van der Waals surface area contributed by atoms with Gasteiger partial charge in [0, 0.05) is 94.9 Å². The van der Waals surface area contributed by atoms with Crippen LogP contribution in [-0.2, 0) is 37.8 Å². The van der Waals surface area contributed by atoms with Gasteiger partial charge in [-0.3, -0.25) is 13.2 Å². The third kappa shape index (κ3) is 14.4. The van der Waals surface area contributed by atoms with Crippen molar-refractivity contribution in [3.63, 3.8) is 0 Å². The fraction of sp³-hybridized carbons (Fsp3) is 0.524. The van der Waals surface area contributed by atoms with Gasteiger partial charge in [0.1, 0.15) is 49.2 Å². The Kier molecular flexibility index (Phi) is 18.9. The monoisotopic (exact) mass is 1400 g/mol. The molecule has 0 N–H and O–H groups in total. The zero-order valence-electron chi connectivity index (χ0n) is 52.3. The molecule has 0 radical (unpaired) electrons. The first-order valence-corrected chi connectivity index (χ1v) is 33.2. The van der Waals surface area contributed by atoms with Crippen molar-refractivity contribution in [3.8, 4) is 17.6 Å². The maximum atomic E-state index is 14.2. The predicted molar refractivity (Wildman–Crippen MR) is 337 cm³/mol. The number of anilines is 3. The third-order valence-electron chi connectivity index (χ3n) is 18.1. The number of alkyl halides is 9. The summed E-state index contributed by atoms with van der Waals surface area (Å²) in [5, 5.41) is 24.9. The summed E-state index contributed by atoms with van der Waals surface area (Å²) in [5.74, 6) is 4.24. The highest BCUT2D eigenvalue weighted by Gasteiger charge is 2.45. The molecule has 15 rings (SSSR count). The summed E-state index contributed by atoms with van der Waals surface area (Å²) in [6, 6.07) is 4.70. The van der Waals surface area contributed by atoms with Crippen LogP contribution in [0.5, 0.6) is 17.6 Å². The predicted octanol–water partition coefficient (Wildman–Crippen LogP) is 13.6. The number of pyridine rings is 3. The minimum absolute atomic E-state index is 0.120. The topological polar surface area (TPSA) is 205 Å². The first-order valence-electron chi connectivity index (χ1n) is 32.1. The second-order valence-corrected chi connectivity index (χ2v) is 26.1. The summed E-state index contributed by atoms with van der Waals surface area (Å²) in [5.41, 5.74) is -1.76. The molecular weight excluding hydrogens is 1330 g/mol. The van der Waals surface area contributed by atoms with Gasteiger partial charge in [0.15, 0.2) is 16.9 Å². The molecular formula is C63H66Cl3F9N18O3. The van der Waals surface area contributed by atoms with E-state index in [1.165, 1.54) is 31.8 Å². The first-order chi connectivity index (χ1) is 46.0. The number of ether oxygens (including phenoxy) is 3. The Bertz CT molecular complexity index is 3870. The largest absolute Gasteiger partial charge is 0.477 e.